The SMILES string of the molecule is [CH2]c1ccc(Br)c(Br)c1N(C)C. The van der Waals surface area contributed by atoms with Gasteiger partial charge in [0.1, 0.15) is 0 Å². The van der Waals surface area contributed by atoms with E-state index in [2.05, 4.69) is 38.8 Å². The quantitative estimate of drug-likeness (QED) is 0.766. The summed E-state index contributed by atoms with van der Waals surface area (Å²) in [6.45, 7) is 3.95. The number of hydrogen-bond donors (Lipinski definition) is 0. The zero-order valence-corrected chi connectivity index (χ0v) is 10.2. The molecule has 0 bridgehead atoms. The lowest BCUT2D eigenvalue weighted by Gasteiger charge is -2.18. The minimum absolute atomic E-state index is 1.02. The number of halogens is 2. The topological polar surface area (TPSA) is 3.24 Å². The van der Waals surface area contributed by atoms with Crippen LogP contribution in [0.25, 0.3) is 0 Å². The van der Waals surface area contributed by atoms with Gasteiger partial charge in [-0.2, -0.15) is 0 Å². The van der Waals surface area contributed by atoms with E-state index in [0.717, 1.165) is 20.2 Å². The van der Waals surface area contributed by atoms with Crippen LogP contribution < -0.4 is 4.90 Å². The normalized spacial score (nSPS) is 10.1. The molecular weight excluding hydrogens is 282 g/mol. The van der Waals surface area contributed by atoms with Gasteiger partial charge in [0, 0.05) is 18.6 Å². The highest BCUT2D eigenvalue weighted by molar-refractivity contribution is 9.13. The van der Waals surface area contributed by atoms with Crippen molar-refractivity contribution in [2.24, 2.45) is 0 Å². The highest BCUT2D eigenvalue weighted by atomic mass is 79.9. The summed E-state index contributed by atoms with van der Waals surface area (Å²) in [5.74, 6) is 0. The molecule has 1 nitrogen and oxygen atoms in total. The summed E-state index contributed by atoms with van der Waals surface area (Å²) < 4.78 is 2.11. The van der Waals surface area contributed by atoms with Crippen molar-refractivity contribution in [3.05, 3.63) is 33.6 Å². The Kier molecular flexibility index (Phi) is 3.18. The molecular formula is C9H10Br2N. The summed E-state index contributed by atoms with van der Waals surface area (Å²) in [6, 6.07) is 3.98. The van der Waals surface area contributed by atoms with Crippen LogP contribution in [-0.4, -0.2) is 14.1 Å². The Bertz CT molecular complexity index is 295. The monoisotopic (exact) mass is 290 g/mol. The largest absolute Gasteiger partial charge is 0.376 e. The van der Waals surface area contributed by atoms with Crippen LogP contribution in [0.2, 0.25) is 0 Å². The molecule has 0 saturated carbocycles. The molecule has 0 aliphatic carbocycles. The van der Waals surface area contributed by atoms with Gasteiger partial charge in [0.25, 0.3) is 0 Å². The summed E-state index contributed by atoms with van der Waals surface area (Å²) in [5, 5.41) is 0. The third kappa shape index (κ3) is 1.83. The molecule has 3 heteroatoms. The second-order valence-corrected chi connectivity index (χ2v) is 4.41. The van der Waals surface area contributed by atoms with Crippen LogP contribution in [0, 0.1) is 6.92 Å². The lowest BCUT2D eigenvalue weighted by Crippen LogP contribution is -2.11. The first-order valence-electron chi connectivity index (χ1n) is 3.51. The van der Waals surface area contributed by atoms with E-state index in [4.69, 9.17) is 0 Å². The van der Waals surface area contributed by atoms with Gasteiger partial charge in [-0.3, -0.25) is 0 Å². The molecule has 1 aromatic carbocycles. The highest BCUT2D eigenvalue weighted by Gasteiger charge is 2.08. The highest BCUT2D eigenvalue weighted by Crippen LogP contribution is 2.34. The van der Waals surface area contributed by atoms with E-state index in [1.807, 2.05) is 31.1 Å². The molecule has 0 aromatic heterocycles. The molecule has 0 unspecified atom stereocenters. The smallest absolute Gasteiger partial charge is 0.0553 e. The predicted molar refractivity (Wildman–Crippen MR) is 60.6 cm³/mol. The fourth-order valence-electron chi connectivity index (χ4n) is 1.06. The molecule has 1 aromatic rings. The van der Waals surface area contributed by atoms with Crippen LogP contribution in [-0.2, 0) is 0 Å². The van der Waals surface area contributed by atoms with Gasteiger partial charge in [-0.1, -0.05) is 6.07 Å². The van der Waals surface area contributed by atoms with Crippen molar-refractivity contribution in [1.82, 2.24) is 0 Å². The minimum atomic E-state index is 1.02. The predicted octanol–water partition coefficient (Wildman–Crippen LogP) is 3.46. The molecule has 0 spiro atoms. The van der Waals surface area contributed by atoms with E-state index >= 15 is 0 Å². The molecule has 65 valence electrons. The van der Waals surface area contributed by atoms with Crippen LogP contribution >= 0.6 is 31.9 Å². The number of nitrogens with zero attached hydrogens (tertiary/aromatic N) is 1. The minimum Gasteiger partial charge on any atom is -0.376 e. The van der Waals surface area contributed by atoms with Crippen molar-refractivity contribution in [3.63, 3.8) is 0 Å². The van der Waals surface area contributed by atoms with Crippen LogP contribution in [0.5, 0.6) is 0 Å². The Morgan fingerprint density at radius 1 is 1.25 bits per heavy atom. The summed E-state index contributed by atoms with van der Waals surface area (Å²) >= 11 is 6.95. The zero-order valence-electron chi connectivity index (χ0n) is 7.06. The third-order valence-corrected chi connectivity index (χ3v) is 3.60. The van der Waals surface area contributed by atoms with Gasteiger partial charge in [-0.05, 0) is 50.4 Å². The second kappa shape index (κ2) is 3.79. The van der Waals surface area contributed by atoms with Gasteiger partial charge < -0.3 is 4.90 Å². The van der Waals surface area contributed by atoms with E-state index in [9.17, 15) is 0 Å². The van der Waals surface area contributed by atoms with E-state index < -0.39 is 0 Å². The number of benzene rings is 1. The maximum absolute atomic E-state index is 3.95. The van der Waals surface area contributed by atoms with Crippen molar-refractivity contribution in [3.8, 4) is 0 Å². The molecule has 12 heavy (non-hydrogen) atoms. The second-order valence-electron chi connectivity index (χ2n) is 2.76. The average molecular weight is 292 g/mol. The Labute approximate surface area is 90.0 Å². The van der Waals surface area contributed by atoms with Gasteiger partial charge >= 0.3 is 0 Å². The molecule has 0 saturated heterocycles. The fourth-order valence-corrected chi connectivity index (χ4v) is 2.12. The molecule has 1 radical (unpaired) electrons. The molecule has 0 atom stereocenters. The Hall–Kier alpha value is -0.0200. The maximum atomic E-state index is 3.95. The average Bonchev–Trinajstić information content (AvgIpc) is 1.97. The van der Waals surface area contributed by atoms with Crippen LogP contribution in [0.4, 0.5) is 5.69 Å². The standard InChI is InChI=1S/C9H10Br2N/c1-6-4-5-7(10)8(11)9(6)12(2)3/h4-5H,1H2,2-3H3. The summed E-state index contributed by atoms with van der Waals surface area (Å²) in [5.41, 5.74) is 2.14. The summed E-state index contributed by atoms with van der Waals surface area (Å²) in [6.07, 6.45) is 0. The number of anilines is 1. The Morgan fingerprint density at radius 3 is 2.25 bits per heavy atom. The lowest BCUT2D eigenvalue weighted by molar-refractivity contribution is 1.11. The third-order valence-electron chi connectivity index (χ3n) is 1.60. The summed E-state index contributed by atoms with van der Waals surface area (Å²) in [7, 11) is 4.00. The Morgan fingerprint density at radius 2 is 1.83 bits per heavy atom. The van der Waals surface area contributed by atoms with Gasteiger partial charge in [0.05, 0.1) is 10.2 Å². The van der Waals surface area contributed by atoms with E-state index in [-0.39, 0.29) is 0 Å². The first-order chi connectivity index (χ1) is 5.54. The molecule has 1 rings (SSSR count). The molecule has 0 N–H and O–H groups in total. The fraction of sp³-hybridized carbons (Fsp3) is 0.222. The van der Waals surface area contributed by atoms with Crippen LogP contribution in [0.3, 0.4) is 0 Å². The molecule has 0 aliphatic heterocycles. The van der Waals surface area contributed by atoms with Gasteiger partial charge in [0.2, 0.25) is 0 Å². The number of rotatable bonds is 1. The van der Waals surface area contributed by atoms with Gasteiger partial charge in [0.15, 0.2) is 0 Å². The van der Waals surface area contributed by atoms with Crippen molar-refractivity contribution < 1.29 is 0 Å². The lowest BCUT2D eigenvalue weighted by atomic mass is 10.2. The van der Waals surface area contributed by atoms with E-state index in [0.29, 0.717) is 0 Å². The summed E-state index contributed by atoms with van der Waals surface area (Å²) in [4.78, 5) is 2.04. The number of hydrogen-bond acceptors (Lipinski definition) is 1. The van der Waals surface area contributed by atoms with Crippen LogP contribution in [0.15, 0.2) is 21.1 Å². The van der Waals surface area contributed by atoms with Gasteiger partial charge in [-0.25, -0.2) is 0 Å². The zero-order chi connectivity index (χ0) is 9.30. The first kappa shape index (κ1) is 10.1. The van der Waals surface area contributed by atoms with Crippen molar-refractivity contribution in [2.45, 2.75) is 0 Å². The van der Waals surface area contributed by atoms with Crippen LogP contribution in [0.1, 0.15) is 5.56 Å². The Balaban J connectivity index is 3.33. The van der Waals surface area contributed by atoms with E-state index in [1.165, 1.54) is 0 Å². The first-order valence-corrected chi connectivity index (χ1v) is 5.10. The molecule has 0 fully saturated rings. The molecule has 0 amide bonds. The molecule has 0 heterocycles. The maximum Gasteiger partial charge on any atom is 0.0553 e. The molecule has 0 aliphatic rings. The van der Waals surface area contributed by atoms with Crippen molar-refractivity contribution >= 4 is 37.5 Å². The van der Waals surface area contributed by atoms with Gasteiger partial charge in [-0.15, -0.1) is 0 Å². The van der Waals surface area contributed by atoms with Crippen molar-refractivity contribution in [1.29, 1.82) is 0 Å². The van der Waals surface area contributed by atoms with E-state index in [1.54, 1.807) is 0 Å². The van der Waals surface area contributed by atoms with Crippen molar-refractivity contribution in [2.75, 3.05) is 19.0 Å².